The molecule has 1 unspecified atom stereocenters. The molecule has 1 saturated carbocycles. The van der Waals surface area contributed by atoms with Crippen LogP contribution in [-0.4, -0.2) is 20.2 Å². The Labute approximate surface area is 117 Å². The van der Waals surface area contributed by atoms with Crippen LogP contribution in [-0.2, 0) is 0 Å². The first-order valence-electron chi connectivity index (χ1n) is 6.84. The molecule has 1 heterocycles. The van der Waals surface area contributed by atoms with Crippen LogP contribution in [0.1, 0.15) is 49.5 Å². The summed E-state index contributed by atoms with van der Waals surface area (Å²) in [4.78, 5) is 0. The van der Waals surface area contributed by atoms with Gasteiger partial charge in [0.2, 0.25) is 5.16 Å². The molecule has 0 radical (unpaired) electrons. The van der Waals surface area contributed by atoms with Gasteiger partial charge in [-0.15, -0.1) is 5.10 Å². The van der Waals surface area contributed by atoms with Gasteiger partial charge in [-0.25, -0.2) is 4.68 Å². The minimum absolute atomic E-state index is 0.368. The Bertz CT molecular complexity index is 519. The van der Waals surface area contributed by atoms with Crippen LogP contribution in [0.5, 0.6) is 0 Å². The minimum atomic E-state index is 0.368. The fraction of sp³-hybridized carbons (Fsp3) is 0.500. The maximum absolute atomic E-state index is 4.19. The van der Waals surface area contributed by atoms with Crippen molar-refractivity contribution in [3.63, 3.8) is 0 Å². The van der Waals surface area contributed by atoms with Crippen molar-refractivity contribution in [2.45, 2.75) is 49.1 Å². The molecule has 1 fully saturated rings. The van der Waals surface area contributed by atoms with Crippen LogP contribution in [0.3, 0.4) is 0 Å². The third kappa shape index (κ3) is 2.81. The van der Waals surface area contributed by atoms with Crippen LogP contribution in [0.15, 0.2) is 35.5 Å². The highest BCUT2D eigenvalue weighted by molar-refractivity contribution is 7.99. The van der Waals surface area contributed by atoms with Crippen molar-refractivity contribution in [1.29, 1.82) is 0 Å². The van der Waals surface area contributed by atoms with Crippen LogP contribution >= 0.6 is 11.8 Å². The Morgan fingerprint density at radius 3 is 2.68 bits per heavy atom. The molecule has 1 aromatic heterocycles. The molecule has 1 aliphatic rings. The molecule has 0 amide bonds. The van der Waals surface area contributed by atoms with Gasteiger partial charge in [-0.05, 0) is 35.8 Å². The van der Waals surface area contributed by atoms with Gasteiger partial charge in [0.15, 0.2) is 0 Å². The van der Waals surface area contributed by atoms with Gasteiger partial charge in [-0.2, -0.15) is 0 Å². The number of tetrazole rings is 1. The maximum atomic E-state index is 4.19. The number of aromatic nitrogens is 4. The normalized spacial score (nSPS) is 17.7. The van der Waals surface area contributed by atoms with Gasteiger partial charge in [-0.3, -0.25) is 0 Å². The standard InChI is InChI=1S/C14H18N4S/c1-11(12-7-3-2-4-8-12)19-14-15-16-17-18(14)13-9-5-6-10-13/h2-4,7-8,11,13H,5-6,9-10H2,1H3. The van der Waals surface area contributed by atoms with E-state index >= 15 is 0 Å². The van der Waals surface area contributed by atoms with Crippen molar-refractivity contribution in [2.24, 2.45) is 0 Å². The number of thioether (sulfide) groups is 1. The molecule has 0 aliphatic heterocycles. The van der Waals surface area contributed by atoms with E-state index in [4.69, 9.17) is 0 Å². The lowest BCUT2D eigenvalue weighted by Crippen LogP contribution is -2.08. The predicted molar refractivity (Wildman–Crippen MR) is 76.0 cm³/mol. The zero-order valence-corrected chi connectivity index (χ0v) is 11.9. The monoisotopic (exact) mass is 274 g/mol. The zero-order valence-electron chi connectivity index (χ0n) is 11.1. The number of hydrogen-bond donors (Lipinski definition) is 0. The molecule has 0 saturated heterocycles. The smallest absolute Gasteiger partial charge is 0.210 e. The largest absolute Gasteiger partial charge is 0.217 e. The topological polar surface area (TPSA) is 43.6 Å². The molecule has 0 spiro atoms. The highest BCUT2D eigenvalue weighted by Crippen LogP contribution is 2.36. The molecular weight excluding hydrogens is 256 g/mol. The van der Waals surface area contributed by atoms with Gasteiger partial charge >= 0.3 is 0 Å². The van der Waals surface area contributed by atoms with Gasteiger partial charge in [-0.1, -0.05) is 54.9 Å². The van der Waals surface area contributed by atoms with Gasteiger partial charge in [0.05, 0.1) is 6.04 Å². The number of nitrogens with zero attached hydrogens (tertiary/aromatic N) is 4. The zero-order chi connectivity index (χ0) is 13.1. The lowest BCUT2D eigenvalue weighted by atomic mass is 10.2. The highest BCUT2D eigenvalue weighted by Gasteiger charge is 2.22. The van der Waals surface area contributed by atoms with Gasteiger partial charge in [0.1, 0.15) is 0 Å². The van der Waals surface area contributed by atoms with Crippen molar-refractivity contribution in [1.82, 2.24) is 20.2 Å². The summed E-state index contributed by atoms with van der Waals surface area (Å²) in [6, 6.07) is 11.0. The van der Waals surface area contributed by atoms with E-state index in [1.165, 1.54) is 31.2 Å². The molecule has 1 aromatic carbocycles. The van der Waals surface area contributed by atoms with Crippen molar-refractivity contribution < 1.29 is 0 Å². The molecule has 100 valence electrons. The number of hydrogen-bond acceptors (Lipinski definition) is 4. The molecule has 1 atom stereocenters. The van der Waals surface area contributed by atoms with E-state index < -0.39 is 0 Å². The number of benzene rings is 1. The summed E-state index contributed by atoms with van der Waals surface area (Å²) in [5.41, 5.74) is 1.31. The average Bonchev–Trinajstić information content (AvgIpc) is 3.10. The van der Waals surface area contributed by atoms with Crippen LogP contribution in [0.4, 0.5) is 0 Å². The summed E-state index contributed by atoms with van der Waals surface area (Å²) >= 11 is 1.74. The summed E-state index contributed by atoms with van der Waals surface area (Å²) in [6.07, 6.45) is 5.00. The fourth-order valence-electron chi connectivity index (χ4n) is 2.59. The van der Waals surface area contributed by atoms with Crippen molar-refractivity contribution >= 4 is 11.8 Å². The average molecular weight is 274 g/mol. The number of rotatable bonds is 4. The Morgan fingerprint density at radius 2 is 1.95 bits per heavy atom. The summed E-state index contributed by atoms with van der Waals surface area (Å²) in [5.74, 6) is 0. The lowest BCUT2D eigenvalue weighted by molar-refractivity contribution is 0.423. The quantitative estimate of drug-likeness (QED) is 0.798. The molecule has 2 aromatic rings. The van der Waals surface area contributed by atoms with Crippen molar-refractivity contribution in [2.75, 3.05) is 0 Å². The van der Waals surface area contributed by atoms with E-state index in [1.807, 2.05) is 10.7 Å². The van der Waals surface area contributed by atoms with Gasteiger partial charge in [0, 0.05) is 5.25 Å². The van der Waals surface area contributed by atoms with E-state index in [0.29, 0.717) is 11.3 Å². The summed E-state index contributed by atoms with van der Waals surface area (Å²) in [7, 11) is 0. The minimum Gasteiger partial charge on any atom is -0.217 e. The Hall–Kier alpha value is -1.36. The molecule has 1 aliphatic carbocycles. The second kappa shape index (κ2) is 5.74. The maximum Gasteiger partial charge on any atom is 0.210 e. The molecule has 4 nitrogen and oxygen atoms in total. The van der Waals surface area contributed by atoms with Crippen LogP contribution in [0, 0.1) is 0 Å². The van der Waals surface area contributed by atoms with Gasteiger partial charge < -0.3 is 0 Å². The summed E-state index contributed by atoms with van der Waals surface area (Å²) in [5, 5.41) is 13.5. The summed E-state index contributed by atoms with van der Waals surface area (Å²) in [6.45, 7) is 2.20. The molecular formula is C14H18N4S. The first kappa shape index (κ1) is 12.7. The van der Waals surface area contributed by atoms with E-state index in [2.05, 4.69) is 46.7 Å². The Balaban J connectivity index is 1.75. The molecule has 3 rings (SSSR count). The molecule has 19 heavy (non-hydrogen) atoms. The van der Waals surface area contributed by atoms with Gasteiger partial charge in [0.25, 0.3) is 0 Å². The van der Waals surface area contributed by atoms with Crippen LogP contribution in [0.2, 0.25) is 0 Å². The van der Waals surface area contributed by atoms with E-state index in [9.17, 15) is 0 Å². The summed E-state index contributed by atoms with van der Waals surface area (Å²) < 4.78 is 2.02. The van der Waals surface area contributed by atoms with Crippen molar-refractivity contribution in [3.8, 4) is 0 Å². The van der Waals surface area contributed by atoms with Crippen LogP contribution < -0.4 is 0 Å². The lowest BCUT2D eigenvalue weighted by Gasteiger charge is -2.14. The van der Waals surface area contributed by atoms with E-state index in [-0.39, 0.29) is 0 Å². The Morgan fingerprint density at radius 1 is 1.21 bits per heavy atom. The van der Waals surface area contributed by atoms with Crippen molar-refractivity contribution in [3.05, 3.63) is 35.9 Å². The van der Waals surface area contributed by atoms with E-state index in [0.717, 1.165) is 5.16 Å². The van der Waals surface area contributed by atoms with Crippen LogP contribution in [0.25, 0.3) is 0 Å². The van der Waals surface area contributed by atoms with E-state index in [1.54, 1.807) is 11.8 Å². The molecule has 0 N–H and O–H groups in total. The third-order valence-corrected chi connectivity index (χ3v) is 4.79. The Kier molecular flexibility index (Phi) is 3.82. The first-order chi connectivity index (χ1) is 9.34. The first-order valence-corrected chi connectivity index (χ1v) is 7.72. The molecule has 0 bridgehead atoms. The predicted octanol–water partition coefficient (Wildman–Crippen LogP) is 3.64. The molecule has 5 heteroatoms. The fourth-order valence-corrected chi connectivity index (χ4v) is 3.58. The second-order valence-electron chi connectivity index (χ2n) is 5.02. The highest BCUT2D eigenvalue weighted by atomic mass is 32.2. The third-order valence-electron chi connectivity index (χ3n) is 3.68. The SMILES string of the molecule is CC(Sc1nnnn1C1CCCC1)c1ccccc1. The second-order valence-corrected chi connectivity index (χ2v) is 6.32.